The van der Waals surface area contributed by atoms with Crippen LogP contribution in [0.1, 0.15) is 26.7 Å². The van der Waals surface area contributed by atoms with Gasteiger partial charge in [-0.2, -0.15) is 4.99 Å². The summed E-state index contributed by atoms with van der Waals surface area (Å²) >= 11 is 5.79. The third-order valence-electron chi connectivity index (χ3n) is 3.54. The number of hydroxylamine groups is 2. The van der Waals surface area contributed by atoms with Crippen molar-refractivity contribution in [3.63, 3.8) is 0 Å². The molecule has 7 heteroatoms. The molecule has 0 spiro atoms. The van der Waals surface area contributed by atoms with Crippen LogP contribution < -0.4 is 4.99 Å². The van der Waals surface area contributed by atoms with Gasteiger partial charge >= 0.3 is 5.90 Å². The van der Waals surface area contributed by atoms with Crippen molar-refractivity contribution in [2.75, 3.05) is 13.2 Å². The number of nitrogens with zero attached hydrogens (tertiary/aromatic N) is 1. The molecule has 1 atom stereocenters. The molecule has 1 unspecified atom stereocenters. The molecule has 2 aliphatic rings. The Morgan fingerprint density at radius 3 is 2.81 bits per heavy atom. The van der Waals surface area contributed by atoms with Crippen molar-refractivity contribution in [3.8, 4) is 0 Å². The fraction of sp³-hybridized carbons (Fsp3) is 0.368. The highest BCUT2D eigenvalue weighted by molar-refractivity contribution is 6.29. The van der Waals surface area contributed by atoms with E-state index < -0.39 is 6.10 Å². The minimum Gasteiger partial charge on any atom is -0.481 e. The number of allylic oxidation sites excluding steroid dienone is 5. The van der Waals surface area contributed by atoms with Crippen molar-refractivity contribution in [2.45, 2.75) is 32.8 Å². The fourth-order valence-corrected chi connectivity index (χ4v) is 2.32. The maximum Gasteiger partial charge on any atom is 0.370 e. The average Bonchev–Trinajstić information content (AvgIpc) is 3.07. The molecule has 0 saturated carbocycles. The molecule has 0 aromatic heterocycles. The van der Waals surface area contributed by atoms with E-state index in [9.17, 15) is 4.79 Å². The summed E-state index contributed by atoms with van der Waals surface area (Å²) in [6.07, 6.45) is 11.3. The zero-order valence-electron chi connectivity index (χ0n) is 15.0. The first-order chi connectivity index (χ1) is 12.5. The van der Waals surface area contributed by atoms with Crippen LogP contribution in [0.4, 0.5) is 0 Å². The summed E-state index contributed by atoms with van der Waals surface area (Å²) in [6, 6.07) is 0. The Morgan fingerprint density at radius 1 is 1.42 bits per heavy atom. The van der Waals surface area contributed by atoms with E-state index in [0.29, 0.717) is 42.0 Å². The Labute approximate surface area is 158 Å². The average molecular weight is 380 g/mol. The molecule has 0 aromatic carbocycles. The van der Waals surface area contributed by atoms with Crippen LogP contribution >= 0.6 is 11.6 Å². The van der Waals surface area contributed by atoms with E-state index in [1.54, 1.807) is 38.3 Å². The molecular formula is C19H24ClN2O4+. The molecule has 0 bridgehead atoms. The van der Waals surface area contributed by atoms with E-state index in [0.717, 1.165) is 6.42 Å². The van der Waals surface area contributed by atoms with E-state index >= 15 is 0 Å². The van der Waals surface area contributed by atoms with Crippen molar-refractivity contribution >= 4 is 23.4 Å². The normalized spacial score (nSPS) is 19.4. The zero-order valence-corrected chi connectivity index (χ0v) is 15.8. The Hall–Kier alpha value is -2.31. The first-order valence-electron chi connectivity index (χ1n) is 8.45. The Bertz CT molecular complexity index is 682. The van der Waals surface area contributed by atoms with Crippen molar-refractivity contribution in [3.05, 3.63) is 59.7 Å². The number of amides is 1. The van der Waals surface area contributed by atoms with Crippen LogP contribution in [-0.4, -0.2) is 36.1 Å². The largest absolute Gasteiger partial charge is 0.481 e. The molecule has 1 amide bonds. The molecule has 26 heavy (non-hydrogen) atoms. The van der Waals surface area contributed by atoms with Crippen LogP contribution in [0, 0.1) is 0 Å². The summed E-state index contributed by atoms with van der Waals surface area (Å²) in [5.41, 5.74) is 0. The smallest absolute Gasteiger partial charge is 0.370 e. The first-order valence-corrected chi connectivity index (χ1v) is 8.83. The molecule has 2 rings (SSSR count). The van der Waals surface area contributed by atoms with Crippen molar-refractivity contribution < 1.29 is 24.1 Å². The Balaban J connectivity index is 1.93. The molecule has 140 valence electrons. The molecular weight excluding hydrogens is 356 g/mol. The first kappa shape index (κ1) is 20.0. The maximum absolute atomic E-state index is 12.2. The lowest BCUT2D eigenvalue weighted by molar-refractivity contribution is -0.383. The summed E-state index contributed by atoms with van der Waals surface area (Å²) in [5, 5.41) is 1.96. The number of halogens is 1. The molecule has 1 heterocycles. The quantitative estimate of drug-likeness (QED) is 0.567. The van der Waals surface area contributed by atoms with Gasteiger partial charge in [0, 0.05) is 6.08 Å². The predicted molar refractivity (Wildman–Crippen MR) is 99.6 cm³/mol. The molecule has 1 aliphatic heterocycles. The van der Waals surface area contributed by atoms with Crippen LogP contribution in [-0.2, 0) is 19.1 Å². The highest BCUT2D eigenvalue weighted by Crippen LogP contribution is 2.16. The van der Waals surface area contributed by atoms with Gasteiger partial charge in [-0.25, -0.2) is 5.06 Å². The van der Waals surface area contributed by atoms with Gasteiger partial charge in [0.05, 0.1) is 18.2 Å². The van der Waals surface area contributed by atoms with Gasteiger partial charge in [0.1, 0.15) is 11.5 Å². The summed E-state index contributed by atoms with van der Waals surface area (Å²) in [6.45, 7) is 8.34. The summed E-state index contributed by atoms with van der Waals surface area (Å²) in [4.78, 5) is 20.4. The van der Waals surface area contributed by atoms with Crippen molar-refractivity contribution in [1.29, 1.82) is 0 Å². The third kappa shape index (κ3) is 6.20. The number of nitrogens with one attached hydrogen (secondary N) is 1. The van der Waals surface area contributed by atoms with Gasteiger partial charge in [0.15, 0.2) is 12.3 Å². The van der Waals surface area contributed by atoms with Crippen molar-refractivity contribution in [2.24, 2.45) is 0 Å². The molecule has 0 radical (unpaired) electrons. The standard InChI is InChI=1S/C19H23ClN2O4/c1-4-18(21-13-14(2)20)26-17-8-5-7-16(9-10-17)25-15(3)19(23)22-11-6-12-24-22/h4,7-10,13,15H,1,5-6,11-12H2,2-3H3/p+1/b14-13+,21-18?. The van der Waals surface area contributed by atoms with E-state index in [1.165, 1.54) is 5.06 Å². The summed E-state index contributed by atoms with van der Waals surface area (Å²) in [5.74, 6) is 1.51. The van der Waals surface area contributed by atoms with Gasteiger partial charge in [-0.3, -0.25) is 9.63 Å². The molecule has 1 aliphatic carbocycles. The van der Waals surface area contributed by atoms with Gasteiger partial charge in [-0.1, -0.05) is 18.2 Å². The lowest BCUT2D eigenvalue weighted by Crippen LogP contribution is -2.66. The van der Waals surface area contributed by atoms with Gasteiger partial charge in [-0.15, -0.1) is 0 Å². The highest BCUT2D eigenvalue weighted by atomic mass is 35.5. The minimum atomic E-state index is -0.625. The summed E-state index contributed by atoms with van der Waals surface area (Å²) in [7, 11) is 0. The molecule has 1 fully saturated rings. The van der Waals surface area contributed by atoms with Gasteiger partial charge in [0.25, 0.3) is 5.91 Å². The number of rotatable bonds is 6. The zero-order chi connectivity index (χ0) is 18.9. The van der Waals surface area contributed by atoms with E-state index in [4.69, 9.17) is 25.9 Å². The van der Waals surface area contributed by atoms with Crippen molar-refractivity contribution in [1.82, 2.24) is 5.06 Å². The van der Waals surface area contributed by atoms with E-state index in [-0.39, 0.29) is 5.91 Å². The second-order valence-corrected chi connectivity index (χ2v) is 6.31. The second-order valence-electron chi connectivity index (χ2n) is 5.72. The number of hydrogen-bond acceptors (Lipinski definition) is 4. The van der Waals surface area contributed by atoms with Gasteiger partial charge < -0.3 is 9.47 Å². The predicted octanol–water partition coefficient (Wildman–Crippen LogP) is 2.06. The van der Waals surface area contributed by atoms with Gasteiger partial charge in [-0.05, 0) is 51.0 Å². The molecule has 1 N–H and O–H groups in total. The number of carbonyl (C=O) groups is 1. The van der Waals surface area contributed by atoms with Crippen LogP contribution in [0.25, 0.3) is 0 Å². The van der Waals surface area contributed by atoms with Crippen LogP contribution in [0.15, 0.2) is 59.7 Å². The molecule has 6 nitrogen and oxygen atoms in total. The fourth-order valence-electron chi connectivity index (χ4n) is 2.26. The second kappa shape index (κ2) is 9.99. The van der Waals surface area contributed by atoms with Crippen LogP contribution in [0.5, 0.6) is 0 Å². The lowest BCUT2D eigenvalue weighted by atomic mass is 10.3. The topological polar surface area (TPSA) is 62.0 Å². The third-order valence-corrected chi connectivity index (χ3v) is 3.64. The Kier molecular flexibility index (Phi) is 7.69. The number of ether oxygens (including phenoxy) is 2. The number of hydrogen-bond donors (Lipinski definition) is 1. The maximum atomic E-state index is 12.2. The van der Waals surface area contributed by atoms with Crippen LogP contribution in [0.2, 0.25) is 0 Å². The monoisotopic (exact) mass is 379 g/mol. The SMILES string of the molecule is C=CC(=[NH+]/C=C(\C)Cl)OC1=CCC=C(OC(C)C(=O)N2CCCO2)C=C1. The van der Waals surface area contributed by atoms with Crippen LogP contribution in [0.3, 0.4) is 0 Å². The number of carbonyl (C=O) groups excluding carboxylic acids is 1. The highest BCUT2D eigenvalue weighted by Gasteiger charge is 2.26. The van der Waals surface area contributed by atoms with E-state index in [1.807, 2.05) is 12.2 Å². The summed E-state index contributed by atoms with van der Waals surface area (Å²) < 4.78 is 11.5. The minimum absolute atomic E-state index is 0.180. The Morgan fingerprint density at radius 2 is 2.15 bits per heavy atom. The lowest BCUT2D eigenvalue weighted by Gasteiger charge is -2.20. The molecule has 1 saturated heterocycles. The van der Waals surface area contributed by atoms with Gasteiger partial charge in [0.2, 0.25) is 0 Å². The van der Waals surface area contributed by atoms with E-state index in [2.05, 4.69) is 11.6 Å². The molecule has 0 aromatic rings.